The zero-order chi connectivity index (χ0) is 21.5. The van der Waals surface area contributed by atoms with Crippen LogP contribution in [0.15, 0.2) is 40.7 Å². The lowest BCUT2D eigenvalue weighted by Crippen LogP contribution is -2.12. The van der Waals surface area contributed by atoms with E-state index in [2.05, 4.69) is 15.5 Å². The molecule has 8 nitrogen and oxygen atoms in total. The molecule has 0 bridgehead atoms. The van der Waals surface area contributed by atoms with Crippen LogP contribution in [0.2, 0.25) is 0 Å². The van der Waals surface area contributed by atoms with Crippen LogP contribution in [0.3, 0.4) is 0 Å². The van der Waals surface area contributed by atoms with E-state index in [0.29, 0.717) is 27.9 Å². The number of nitrogens with zero attached hydrogens (tertiary/aromatic N) is 2. The summed E-state index contributed by atoms with van der Waals surface area (Å²) in [6.45, 7) is 0. The van der Waals surface area contributed by atoms with Crippen LogP contribution in [0.1, 0.15) is 15.9 Å². The average molecular weight is 448 g/mol. The van der Waals surface area contributed by atoms with E-state index >= 15 is 0 Å². The van der Waals surface area contributed by atoms with E-state index in [4.69, 9.17) is 18.9 Å². The van der Waals surface area contributed by atoms with Gasteiger partial charge in [-0.25, -0.2) is 0 Å². The zero-order valence-electron chi connectivity index (χ0n) is 16.9. The SMILES string of the molecule is COc1cc(CSc2nnc(NC(=O)c3cc(OC)cc(OC)c3)s2)cc(OC)c1. The minimum atomic E-state index is -0.322. The van der Waals surface area contributed by atoms with Crippen molar-refractivity contribution in [2.75, 3.05) is 33.8 Å². The lowest BCUT2D eigenvalue weighted by Gasteiger charge is -2.08. The molecule has 0 spiro atoms. The first-order valence-electron chi connectivity index (χ1n) is 8.77. The van der Waals surface area contributed by atoms with Crippen molar-refractivity contribution >= 4 is 34.1 Å². The van der Waals surface area contributed by atoms with Crippen LogP contribution < -0.4 is 24.3 Å². The molecule has 1 heterocycles. The number of rotatable bonds is 9. The third-order valence-electron chi connectivity index (χ3n) is 4.01. The molecule has 0 radical (unpaired) electrons. The number of aromatic nitrogens is 2. The molecule has 1 N–H and O–H groups in total. The molecule has 1 aromatic heterocycles. The molecule has 3 rings (SSSR count). The molecule has 158 valence electrons. The Morgan fingerprint density at radius 2 is 1.40 bits per heavy atom. The molecule has 0 aliphatic carbocycles. The number of hydrogen-bond acceptors (Lipinski definition) is 9. The molecule has 30 heavy (non-hydrogen) atoms. The van der Waals surface area contributed by atoms with Crippen LogP contribution in [0, 0.1) is 0 Å². The predicted molar refractivity (Wildman–Crippen MR) is 117 cm³/mol. The minimum absolute atomic E-state index is 0.322. The molecular weight excluding hydrogens is 426 g/mol. The van der Waals surface area contributed by atoms with E-state index < -0.39 is 0 Å². The average Bonchev–Trinajstić information content (AvgIpc) is 3.24. The van der Waals surface area contributed by atoms with Crippen molar-refractivity contribution < 1.29 is 23.7 Å². The standard InChI is InChI=1S/C20H21N3O5S2/c1-25-14-5-12(6-15(9-14)26-2)11-29-20-23-22-19(30-20)21-18(24)13-7-16(27-3)10-17(8-13)28-4/h5-10H,11H2,1-4H3,(H,21,22,24). The summed E-state index contributed by atoms with van der Waals surface area (Å²) in [7, 11) is 6.29. The van der Waals surface area contributed by atoms with Crippen LogP contribution in [-0.4, -0.2) is 44.5 Å². The molecule has 0 saturated heterocycles. The molecule has 0 aliphatic heterocycles. The second kappa shape index (κ2) is 10.2. The van der Waals surface area contributed by atoms with Gasteiger partial charge in [0.15, 0.2) is 4.34 Å². The third kappa shape index (κ3) is 5.55. The second-order valence-electron chi connectivity index (χ2n) is 5.94. The summed E-state index contributed by atoms with van der Waals surface area (Å²) in [5.41, 5.74) is 1.43. The minimum Gasteiger partial charge on any atom is -0.497 e. The molecular formula is C20H21N3O5S2. The number of carbonyl (C=O) groups is 1. The number of carbonyl (C=O) groups excluding carboxylic acids is 1. The topological polar surface area (TPSA) is 91.8 Å². The van der Waals surface area contributed by atoms with E-state index in [1.165, 1.54) is 37.3 Å². The van der Waals surface area contributed by atoms with Crippen LogP contribution in [-0.2, 0) is 5.75 Å². The fourth-order valence-corrected chi connectivity index (χ4v) is 4.20. The Kier molecular flexibility index (Phi) is 7.36. The van der Waals surface area contributed by atoms with E-state index in [9.17, 15) is 4.79 Å². The Morgan fingerprint density at radius 3 is 1.93 bits per heavy atom. The quantitative estimate of drug-likeness (QED) is 0.387. The van der Waals surface area contributed by atoms with Gasteiger partial charge in [-0.3, -0.25) is 10.1 Å². The summed E-state index contributed by atoms with van der Waals surface area (Å²) in [5.74, 6) is 2.84. The normalized spacial score (nSPS) is 10.4. The van der Waals surface area contributed by atoms with Gasteiger partial charge in [-0.05, 0) is 29.8 Å². The van der Waals surface area contributed by atoms with Gasteiger partial charge in [0, 0.05) is 23.4 Å². The predicted octanol–water partition coefficient (Wildman–Crippen LogP) is 4.12. The van der Waals surface area contributed by atoms with Gasteiger partial charge in [-0.1, -0.05) is 23.1 Å². The molecule has 3 aromatic rings. The molecule has 0 aliphatic rings. The molecule has 0 atom stereocenters. The van der Waals surface area contributed by atoms with Crippen molar-refractivity contribution in [1.82, 2.24) is 10.2 Å². The van der Waals surface area contributed by atoms with Crippen molar-refractivity contribution in [1.29, 1.82) is 0 Å². The molecule has 2 aromatic carbocycles. The van der Waals surface area contributed by atoms with Crippen molar-refractivity contribution in [2.45, 2.75) is 10.1 Å². The van der Waals surface area contributed by atoms with Crippen molar-refractivity contribution in [3.05, 3.63) is 47.5 Å². The lowest BCUT2D eigenvalue weighted by atomic mass is 10.2. The second-order valence-corrected chi connectivity index (χ2v) is 8.14. The van der Waals surface area contributed by atoms with Gasteiger partial charge in [0.2, 0.25) is 5.13 Å². The molecule has 0 fully saturated rings. The summed E-state index contributed by atoms with van der Waals surface area (Å²) in [5, 5.41) is 11.4. The number of nitrogens with one attached hydrogen (secondary N) is 1. The van der Waals surface area contributed by atoms with Crippen LogP contribution in [0.25, 0.3) is 0 Å². The third-order valence-corrected chi connectivity index (χ3v) is 6.06. The first-order chi connectivity index (χ1) is 14.5. The molecule has 0 unspecified atom stereocenters. The van der Waals surface area contributed by atoms with Gasteiger partial charge in [0.05, 0.1) is 28.4 Å². The number of thioether (sulfide) groups is 1. The summed E-state index contributed by atoms with van der Waals surface area (Å²) < 4.78 is 21.7. The summed E-state index contributed by atoms with van der Waals surface area (Å²) in [6.07, 6.45) is 0. The summed E-state index contributed by atoms with van der Waals surface area (Å²) in [6, 6.07) is 10.7. The van der Waals surface area contributed by atoms with Gasteiger partial charge in [0.1, 0.15) is 23.0 Å². The van der Waals surface area contributed by atoms with E-state index in [0.717, 1.165) is 21.4 Å². The Labute approximate surface area is 182 Å². The maximum absolute atomic E-state index is 12.6. The smallest absolute Gasteiger partial charge is 0.257 e. The van der Waals surface area contributed by atoms with Gasteiger partial charge in [0.25, 0.3) is 5.91 Å². The zero-order valence-corrected chi connectivity index (χ0v) is 18.6. The molecule has 0 saturated carbocycles. The Morgan fingerprint density at radius 1 is 0.867 bits per heavy atom. The van der Waals surface area contributed by atoms with E-state index in [-0.39, 0.29) is 5.91 Å². The van der Waals surface area contributed by atoms with Crippen LogP contribution in [0.5, 0.6) is 23.0 Å². The highest BCUT2D eigenvalue weighted by Gasteiger charge is 2.13. The van der Waals surface area contributed by atoms with Gasteiger partial charge in [-0.2, -0.15) is 0 Å². The van der Waals surface area contributed by atoms with E-state index in [1.807, 2.05) is 18.2 Å². The monoisotopic (exact) mass is 447 g/mol. The van der Waals surface area contributed by atoms with Gasteiger partial charge in [-0.15, -0.1) is 10.2 Å². The number of anilines is 1. The Bertz CT molecular complexity index is 981. The number of benzene rings is 2. The largest absolute Gasteiger partial charge is 0.497 e. The Balaban J connectivity index is 1.65. The fourth-order valence-electron chi connectivity index (χ4n) is 2.52. The summed E-state index contributed by atoms with van der Waals surface area (Å²) in [4.78, 5) is 12.6. The first-order valence-corrected chi connectivity index (χ1v) is 10.6. The highest BCUT2D eigenvalue weighted by Crippen LogP contribution is 2.31. The number of ether oxygens (including phenoxy) is 4. The van der Waals surface area contributed by atoms with E-state index in [1.54, 1.807) is 32.4 Å². The highest BCUT2D eigenvalue weighted by molar-refractivity contribution is 8.00. The molecule has 1 amide bonds. The first kappa shape index (κ1) is 21.7. The van der Waals surface area contributed by atoms with Crippen molar-refractivity contribution in [3.63, 3.8) is 0 Å². The number of methoxy groups -OCH3 is 4. The number of amides is 1. The van der Waals surface area contributed by atoms with Crippen LogP contribution >= 0.6 is 23.1 Å². The van der Waals surface area contributed by atoms with Crippen molar-refractivity contribution in [3.8, 4) is 23.0 Å². The summed E-state index contributed by atoms with van der Waals surface area (Å²) >= 11 is 2.81. The maximum Gasteiger partial charge on any atom is 0.257 e. The van der Waals surface area contributed by atoms with Gasteiger partial charge >= 0.3 is 0 Å². The highest BCUT2D eigenvalue weighted by atomic mass is 32.2. The van der Waals surface area contributed by atoms with Crippen LogP contribution in [0.4, 0.5) is 5.13 Å². The number of hydrogen-bond donors (Lipinski definition) is 1. The maximum atomic E-state index is 12.6. The fraction of sp³-hybridized carbons (Fsp3) is 0.250. The van der Waals surface area contributed by atoms with Crippen molar-refractivity contribution in [2.24, 2.45) is 0 Å². The molecule has 10 heteroatoms. The van der Waals surface area contributed by atoms with Gasteiger partial charge < -0.3 is 18.9 Å². The lowest BCUT2D eigenvalue weighted by molar-refractivity contribution is 0.102. The Hall–Kier alpha value is -2.98.